The van der Waals surface area contributed by atoms with E-state index >= 15 is 0 Å². The molecule has 0 aromatic heterocycles. The molecule has 0 bridgehead atoms. The lowest BCUT2D eigenvalue weighted by Gasteiger charge is -2.34. The van der Waals surface area contributed by atoms with Crippen LogP contribution < -0.4 is 9.62 Å². The molecular formula is C37H40ClN3O4S. The average Bonchev–Trinajstić information content (AvgIpc) is 3.55. The third-order valence-electron chi connectivity index (χ3n) is 8.41. The first-order chi connectivity index (χ1) is 22.1. The average molecular weight is 658 g/mol. The fourth-order valence-electron chi connectivity index (χ4n) is 5.90. The summed E-state index contributed by atoms with van der Waals surface area (Å²) in [6.07, 6.45) is 4.18. The first-order valence-electron chi connectivity index (χ1n) is 15.6. The molecule has 1 fully saturated rings. The van der Waals surface area contributed by atoms with Gasteiger partial charge >= 0.3 is 0 Å². The van der Waals surface area contributed by atoms with E-state index in [0.717, 1.165) is 52.2 Å². The molecule has 46 heavy (non-hydrogen) atoms. The zero-order valence-electron chi connectivity index (χ0n) is 26.2. The van der Waals surface area contributed by atoms with Crippen molar-refractivity contribution < 1.29 is 18.0 Å². The molecular weight excluding hydrogens is 618 g/mol. The SMILES string of the molecule is Cc1ccc(N(CC(=O)N(Cc2cccc(C)c2)C(Cc2ccccc2)C(=O)NC2CCCC2)S(=O)(=O)c2ccc(Cl)cc2)cc1. The molecule has 1 atom stereocenters. The predicted octanol–water partition coefficient (Wildman–Crippen LogP) is 6.85. The second-order valence-electron chi connectivity index (χ2n) is 12.0. The van der Waals surface area contributed by atoms with Crippen molar-refractivity contribution in [1.82, 2.24) is 10.2 Å². The van der Waals surface area contributed by atoms with Gasteiger partial charge in [0, 0.05) is 24.0 Å². The summed E-state index contributed by atoms with van der Waals surface area (Å²) in [5.41, 5.74) is 4.07. The Morgan fingerprint density at radius 2 is 1.48 bits per heavy atom. The standard InChI is InChI=1S/C37H40ClN3O4S/c1-27-15-19-33(20-16-27)41(46(44,45)34-21-17-31(38)18-22-34)26-36(42)40(25-30-12-8-9-28(2)23-30)35(24-29-10-4-3-5-11-29)37(43)39-32-13-6-7-14-32/h3-5,8-12,15-23,32,35H,6-7,13-14,24-26H2,1-2H3,(H,39,43). The molecule has 0 spiro atoms. The summed E-state index contributed by atoms with van der Waals surface area (Å²) < 4.78 is 29.4. The van der Waals surface area contributed by atoms with Crippen LogP contribution in [0.4, 0.5) is 5.69 Å². The Labute approximate surface area is 277 Å². The van der Waals surface area contributed by atoms with E-state index in [2.05, 4.69) is 5.32 Å². The van der Waals surface area contributed by atoms with Crippen LogP contribution in [0.25, 0.3) is 0 Å². The maximum absolute atomic E-state index is 14.6. The van der Waals surface area contributed by atoms with Crippen LogP contribution >= 0.6 is 11.6 Å². The molecule has 240 valence electrons. The predicted molar refractivity (Wildman–Crippen MR) is 183 cm³/mol. The van der Waals surface area contributed by atoms with E-state index in [-0.39, 0.29) is 29.8 Å². The van der Waals surface area contributed by atoms with Crippen molar-refractivity contribution in [1.29, 1.82) is 0 Å². The molecule has 1 N–H and O–H groups in total. The lowest BCUT2D eigenvalue weighted by atomic mass is 10.0. The minimum absolute atomic E-state index is 0.00956. The number of hydrogen-bond donors (Lipinski definition) is 1. The number of aryl methyl sites for hydroxylation is 2. The number of halogens is 1. The summed E-state index contributed by atoms with van der Waals surface area (Å²) >= 11 is 6.07. The topological polar surface area (TPSA) is 86.8 Å². The number of carbonyl (C=O) groups excluding carboxylic acids is 2. The normalized spacial score (nSPS) is 14.1. The van der Waals surface area contributed by atoms with Crippen molar-refractivity contribution in [3.8, 4) is 0 Å². The maximum atomic E-state index is 14.6. The van der Waals surface area contributed by atoms with E-state index in [4.69, 9.17) is 11.6 Å². The summed E-state index contributed by atoms with van der Waals surface area (Å²) in [4.78, 5) is 30.3. The van der Waals surface area contributed by atoms with Crippen molar-refractivity contribution in [2.75, 3.05) is 10.8 Å². The highest BCUT2D eigenvalue weighted by Crippen LogP contribution is 2.27. The first-order valence-corrected chi connectivity index (χ1v) is 17.5. The minimum atomic E-state index is -4.19. The smallest absolute Gasteiger partial charge is 0.264 e. The van der Waals surface area contributed by atoms with Gasteiger partial charge in [-0.15, -0.1) is 0 Å². The zero-order valence-corrected chi connectivity index (χ0v) is 27.8. The van der Waals surface area contributed by atoms with Crippen molar-refractivity contribution >= 4 is 39.1 Å². The van der Waals surface area contributed by atoms with Gasteiger partial charge < -0.3 is 10.2 Å². The van der Waals surface area contributed by atoms with Crippen molar-refractivity contribution in [3.05, 3.63) is 130 Å². The molecule has 1 aliphatic carbocycles. The van der Waals surface area contributed by atoms with Crippen LogP contribution in [0.15, 0.2) is 108 Å². The van der Waals surface area contributed by atoms with Gasteiger partial charge in [0.1, 0.15) is 12.6 Å². The lowest BCUT2D eigenvalue weighted by molar-refractivity contribution is -0.140. The summed E-state index contributed by atoms with van der Waals surface area (Å²) in [5, 5.41) is 3.61. The van der Waals surface area contributed by atoms with E-state index in [9.17, 15) is 18.0 Å². The van der Waals surface area contributed by atoms with Gasteiger partial charge in [-0.1, -0.05) is 102 Å². The summed E-state index contributed by atoms with van der Waals surface area (Å²) in [5.74, 6) is -0.721. The van der Waals surface area contributed by atoms with Gasteiger partial charge in [0.25, 0.3) is 10.0 Å². The van der Waals surface area contributed by atoms with Crippen LogP contribution in [-0.4, -0.2) is 43.8 Å². The number of anilines is 1. The highest BCUT2D eigenvalue weighted by atomic mass is 35.5. The second kappa shape index (κ2) is 15.0. The Hall–Kier alpha value is -4.14. The van der Waals surface area contributed by atoms with Gasteiger partial charge in [-0.05, 0) is 74.2 Å². The molecule has 4 aromatic rings. The van der Waals surface area contributed by atoms with Crippen LogP contribution in [0, 0.1) is 13.8 Å². The Morgan fingerprint density at radius 1 is 0.826 bits per heavy atom. The van der Waals surface area contributed by atoms with Crippen LogP contribution in [0.5, 0.6) is 0 Å². The summed E-state index contributed by atoms with van der Waals surface area (Å²) in [6.45, 7) is 3.52. The molecule has 9 heteroatoms. The Balaban J connectivity index is 1.56. The molecule has 2 amide bonds. The number of nitrogens with one attached hydrogen (secondary N) is 1. The van der Waals surface area contributed by atoms with E-state index in [1.54, 1.807) is 17.0 Å². The molecule has 7 nitrogen and oxygen atoms in total. The Morgan fingerprint density at radius 3 is 2.13 bits per heavy atom. The fraction of sp³-hybridized carbons (Fsp3) is 0.297. The van der Waals surface area contributed by atoms with Crippen molar-refractivity contribution in [3.63, 3.8) is 0 Å². The maximum Gasteiger partial charge on any atom is 0.264 e. The summed E-state index contributed by atoms with van der Waals surface area (Å²) in [6, 6.07) is 29.5. The number of rotatable bonds is 12. The van der Waals surface area contributed by atoms with Gasteiger partial charge in [0.15, 0.2) is 0 Å². The highest BCUT2D eigenvalue weighted by Gasteiger charge is 2.35. The monoisotopic (exact) mass is 657 g/mol. The number of benzene rings is 4. The largest absolute Gasteiger partial charge is 0.352 e. The molecule has 0 aliphatic heterocycles. The quantitative estimate of drug-likeness (QED) is 0.181. The van der Waals surface area contributed by atoms with Crippen LogP contribution in [0.3, 0.4) is 0 Å². The van der Waals surface area contributed by atoms with Crippen molar-refractivity contribution in [2.24, 2.45) is 0 Å². The third kappa shape index (κ3) is 8.36. The number of sulfonamides is 1. The molecule has 1 saturated carbocycles. The van der Waals surface area contributed by atoms with Crippen LogP contribution in [0.2, 0.25) is 5.02 Å². The second-order valence-corrected chi connectivity index (χ2v) is 14.3. The Bertz CT molecular complexity index is 1740. The van der Waals surface area contributed by atoms with Gasteiger partial charge in [0.05, 0.1) is 10.6 Å². The highest BCUT2D eigenvalue weighted by molar-refractivity contribution is 7.92. The lowest BCUT2D eigenvalue weighted by Crippen LogP contribution is -2.54. The number of carbonyl (C=O) groups is 2. The molecule has 0 saturated heterocycles. The Kier molecular flexibility index (Phi) is 10.8. The molecule has 0 heterocycles. The van der Waals surface area contributed by atoms with E-state index in [0.29, 0.717) is 10.7 Å². The minimum Gasteiger partial charge on any atom is -0.352 e. The van der Waals surface area contributed by atoms with E-state index in [1.165, 1.54) is 24.3 Å². The molecule has 1 unspecified atom stereocenters. The molecule has 0 radical (unpaired) electrons. The van der Waals surface area contributed by atoms with Gasteiger partial charge in [0.2, 0.25) is 11.8 Å². The number of hydrogen-bond acceptors (Lipinski definition) is 4. The third-order valence-corrected chi connectivity index (χ3v) is 10.5. The number of amides is 2. The molecule has 5 rings (SSSR count). The molecule has 4 aromatic carbocycles. The van der Waals surface area contributed by atoms with Crippen LogP contribution in [0.1, 0.15) is 47.9 Å². The zero-order chi connectivity index (χ0) is 32.7. The van der Waals surface area contributed by atoms with Gasteiger partial charge in [-0.25, -0.2) is 8.42 Å². The van der Waals surface area contributed by atoms with Gasteiger partial charge in [-0.2, -0.15) is 0 Å². The van der Waals surface area contributed by atoms with Gasteiger partial charge in [-0.3, -0.25) is 13.9 Å². The van der Waals surface area contributed by atoms with E-state index < -0.39 is 28.5 Å². The fourth-order valence-corrected chi connectivity index (χ4v) is 7.44. The van der Waals surface area contributed by atoms with Crippen molar-refractivity contribution in [2.45, 2.75) is 69.5 Å². The molecule has 1 aliphatic rings. The first kappa shape index (κ1) is 33.2. The van der Waals surface area contributed by atoms with E-state index in [1.807, 2.05) is 80.6 Å². The summed E-state index contributed by atoms with van der Waals surface area (Å²) in [7, 11) is -4.19. The van der Waals surface area contributed by atoms with Crippen LogP contribution in [-0.2, 0) is 32.6 Å². The number of nitrogens with zero attached hydrogens (tertiary/aromatic N) is 2.